The van der Waals surface area contributed by atoms with E-state index in [1.807, 2.05) is 30.1 Å². The highest BCUT2D eigenvalue weighted by molar-refractivity contribution is 7.22. The maximum Gasteiger partial charge on any atom is 0.242 e. The molecule has 0 spiro atoms. The minimum atomic E-state index is 0.0503. The Labute approximate surface area is 144 Å². The monoisotopic (exact) mass is 348 g/mol. The summed E-state index contributed by atoms with van der Waals surface area (Å²) in [4.78, 5) is 33.1. The third kappa shape index (κ3) is 3.28. The summed E-state index contributed by atoms with van der Waals surface area (Å²) < 4.78 is 6.37. The quantitative estimate of drug-likeness (QED) is 0.756. The second kappa shape index (κ2) is 7.04. The van der Waals surface area contributed by atoms with Crippen molar-refractivity contribution >= 4 is 39.0 Å². The standard InChI is InChI=1S/C16H20N4O3S/c1-18(10-14(22)20-8-6-19(11-21)7-9-20)16-17-15-12(23-2)4-3-5-13(15)24-16/h3-5,11H,6-10H2,1-2H3. The van der Waals surface area contributed by atoms with Gasteiger partial charge in [-0.15, -0.1) is 0 Å². The van der Waals surface area contributed by atoms with E-state index in [0.717, 1.165) is 27.5 Å². The molecule has 0 atom stereocenters. The molecule has 2 amide bonds. The lowest BCUT2D eigenvalue weighted by molar-refractivity contribution is -0.133. The third-order valence-corrected chi connectivity index (χ3v) is 5.24. The molecule has 1 saturated heterocycles. The van der Waals surface area contributed by atoms with Crippen LogP contribution >= 0.6 is 11.3 Å². The number of benzene rings is 1. The number of aromatic nitrogens is 1. The molecule has 0 bridgehead atoms. The molecule has 1 aliphatic heterocycles. The van der Waals surface area contributed by atoms with E-state index in [4.69, 9.17) is 4.74 Å². The molecule has 24 heavy (non-hydrogen) atoms. The molecule has 2 heterocycles. The Kier molecular flexibility index (Phi) is 4.84. The zero-order chi connectivity index (χ0) is 17.1. The molecule has 0 radical (unpaired) electrons. The fraction of sp³-hybridized carbons (Fsp3) is 0.438. The maximum atomic E-state index is 12.4. The summed E-state index contributed by atoms with van der Waals surface area (Å²) in [5.74, 6) is 0.786. The molecule has 2 aromatic rings. The van der Waals surface area contributed by atoms with E-state index < -0.39 is 0 Å². The number of anilines is 1. The van der Waals surface area contributed by atoms with Gasteiger partial charge in [0.2, 0.25) is 12.3 Å². The number of para-hydroxylation sites is 1. The van der Waals surface area contributed by atoms with Crippen LogP contribution in [0.5, 0.6) is 5.75 Å². The molecule has 1 fully saturated rings. The fourth-order valence-corrected chi connectivity index (χ4v) is 3.63. The van der Waals surface area contributed by atoms with Crippen molar-refractivity contribution in [3.05, 3.63) is 18.2 Å². The Morgan fingerprint density at radius 3 is 2.79 bits per heavy atom. The Hall–Kier alpha value is -2.35. The predicted octanol–water partition coefficient (Wildman–Crippen LogP) is 1.04. The fourth-order valence-electron chi connectivity index (χ4n) is 2.69. The van der Waals surface area contributed by atoms with Gasteiger partial charge in [0.1, 0.15) is 11.3 Å². The van der Waals surface area contributed by atoms with E-state index in [0.29, 0.717) is 26.2 Å². The Bertz CT molecular complexity index is 740. The molecule has 1 aromatic heterocycles. The number of hydrogen-bond acceptors (Lipinski definition) is 6. The van der Waals surface area contributed by atoms with Gasteiger partial charge >= 0.3 is 0 Å². The van der Waals surface area contributed by atoms with E-state index in [9.17, 15) is 9.59 Å². The number of rotatable bonds is 5. The molecule has 1 aliphatic rings. The van der Waals surface area contributed by atoms with Crippen LogP contribution in [0, 0.1) is 0 Å². The number of thiazole rings is 1. The average molecular weight is 348 g/mol. The van der Waals surface area contributed by atoms with Gasteiger partial charge in [-0.25, -0.2) is 4.98 Å². The summed E-state index contributed by atoms with van der Waals surface area (Å²) >= 11 is 1.54. The lowest BCUT2D eigenvalue weighted by atomic mass is 10.3. The van der Waals surface area contributed by atoms with Crippen LogP contribution in [0.3, 0.4) is 0 Å². The van der Waals surface area contributed by atoms with Crippen LogP contribution < -0.4 is 9.64 Å². The summed E-state index contributed by atoms with van der Waals surface area (Å²) in [5, 5.41) is 0.786. The van der Waals surface area contributed by atoms with Crippen molar-refractivity contribution < 1.29 is 14.3 Å². The van der Waals surface area contributed by atoms with Gasteiger partial charge in [-0.05, 0) is 12.1 Å². The Morgan fingerprint density at radius 1 is 1.38 bits per heavy atom. The number of carbonyl (C=O) groups excluding carboxylic acids is 2. The minimum absolute atomic E-state index is 0.0503. The number of piperazine rings is 1. The summed E-state index contributed by atoms with van der Waals surface area (Å²) in [6.07, 6.45) is 0.836. The van der Waals surface area contributed by atoms with Crippen molar-refractivity contribution in [1.82, 2.24) is 14.8 Å². The number of nitrogens with zero attached hydrogens (tertiary/aromatic N) is 4. The number of carbonyl (C=O) groups is 2. The van der Waals surface area contributed by atoms with Crippen molar-refractivity contribution in [2.75, 3.05) is 51.8 Å². The molecule has 8 heteroatoms. The summed E-state index contributed by atoms with van der Waals surface area (Å²) in [7, 11) is 3.49. The van der Waals surface area contributed by atoms with E-state index in [1.165, 1.54) is 11.3 Å². The van der Waals surface area contributed by atoms with Gasteiger partial charge in [-0.2, -0.15) is 0 Å². The number of amides is 2. The molecule has 0 N–H and O–H groups in total. The van der Waals surface area contributed by atoms with Crippen LogP contribution in [0.25, 0.3) is 10.2 Å². The van der Waals surface area contributed by atoms with Crippen molar-refractivity contribution in [1.29, 1.82) is 0 Å². The summed E-state index contributed by atoms with van der Waals surface area (Å²) in [5.41, 5.74) is 0.818. The second-order valence-electron chi connectivity index (χ2n) is 5.68. The lowest BCUT2D eigenvalue weighted by Crippen LogP contribution is -2.50. The highest BCUT2D eigenvalue weighted by atomic mass is 32.1. The van der Waals surface area contributed by atoms with E-state index >= 15 is 0 Å². The van der Waals surface area contributed by atoms with E-state index in [-0.39, 0.29) is 12.5 Å². The van der Waals surface area contributed by atoms with Crippen molar-refractivity contribution in [3.63, 3.8) is 0 Å². The number of fused-ring (bicyclic) bond motifs is 1. The maximum absolute atomic E-state index is 12.4. The number of likely N-dealkylation sites (N-methyl/N-ethyl adjacent to an activating group) is 1. The first-order chi connectivity index (χ1) is 11.6. The lowest BCUT2D eigenvalue weighted by Gasteiger charge is -2.33. The van der Waals surface area contributed by atoms with Gasteiger partial charge in [0.25, 0.3) is 0 Å². The van der Waals surface area contributed by atoms with Gasteiger partial charge in [0.05, 0.1) is 18.4 Å². The predicted molar refractivity (Wildman–Crippen MR) is 93.7 cm³/mol. The topological polar surface area (TPSA) is 66.0 Å². The molecule has 1 aromatic carbocycles. The van der Waals surface area contributed by atoms with Crippen LogP contribution in [-0.2, 0) is 9.59 Å². The minimum Gasteiger partial charge on any atom is -0.494 e. The van der Waals surface area contributed by atoms with Crippen molar-refractivity contribution in [3.8, 4) is 5.75 Å². The third-order valence-electron chi connectivity index (χ3n) is 4.11. The first-order valence-electron chi connectivity index (χ1n) is 7.74. The van der Waals surface area contributed by atoms with Gasteiger partial charge in [-0.1, -0.05) is 17.4 Å². The first-order valence-corrected chi connectivity index (χ1v) is 8.56. The summed E-state index contributed by atoms with van der Waals surface area (Å²) in [6.45, 7) is 2.62. The SMILES string of the molecule is COc1cccc2sc(N(C)CC(=O)N3CCN(C=O)CC3)nc12. The van der Waals surface area contributed by atoms with Crippen LogP contribution in [0.1, 0.15) is 0 Å². The van der Waals surface area contributed by atoms with Gasteiger partial charge in [0, 0.05) is 33.2 Å². The molecule has 128 valence electrons. The molecule has 0 saturated carbocycles. The van der Waals surface area contributed by atoms with Gasteiger partial charge in [0.15, 0.2) is 5.13 Å². The largest absolute Gasteiger partial charge is 0.494 e. The zero-order valence-electron chi connectivity index (χ0n) is 13.8. The van der Waals surface area contributed by atoms with Crippen LogP contribution in [0.2, 0.25) is 0 Å². The summed E-state index contributed by atoms with van der Waals surface area (Å²) in [6, 6.07) is 5.80. The number of hydrogen-bond donors (Lipinski definition) is 0. The average Bonchev–Trinajstić information content (AvgIpc) is 3.06. The Balaban J connectivity index is 1.67. The van der Waals surface area contributed by atoms with Crippen molar-refractivity contribution in [2.24, 2.45) is 0 Å². The first kappa shape index (κ1) is 16.5. The normalized spacial score (nSPS) is 14.8. The highest BCUT2D eigenvalue weighted by Crippen LogP contribution is 2.33. The second-order valence-corrected chi connectivity index (χ2v) is 6.69. The van der Waals surface area contributed by atoms with Crippen LogP contribution in [-0.4, -0.2) is 74.0 Å². The van der Waals surface area contributed by atoms with Crippen molar-refractivity contribution in [2.45, 2.75) is 0 Å². The van der Waals surface area contributed by atoms with Crippen LogP contribution in [0.4, 0.5) is 5.13 Å². The Morgan fingerprint density at radius 2 is 2.12 bits per heavy atom. The highest BCUT2D eigenvalue weighted by Gasteiger charge is 2.22. The number of methoxy groups -OCH3 is 1. The molecule has 3 rings (SSSR count). The molecular formula is C16H20N4O3S. The zero-order valence-corrected chi connectivity index (χ0v) is 14.6. The van der Waals surface area contributed by atoms with Crippen LogP contribution in [0.15, 0.2) is 18.2 Å². The smallest absolute Gasteiger partial charge is 0.242 e. The molecule has 7 nitrogen and oxygen atoms in total. The molecular weight excluding hydrogens is 328 g/mol. The van der Waals surface area contributed by atoms with E-state index in [2.05, 4.69) is 4.98 Å². The number of ether oxygens (including phenoxy) is 1. The molecule has 0 unspecified atom stereocenters. The van der Waals surface area contributed by atoms with Gasteiger partial charge < -0.3 is 19.4 Å². The molecule has 0 aliphatic carbocycles. The van der Waals surface area contributed by atoms with E-state index in [1.54, 1.807) is 16.9 Å². The van der Waals surface area contributed by atoms with Gasteiger partial charge in [-0.3, -0.25) is 9.59 Å².